The minimum atomic E-state index is -0.951. The maximum atomic E-state index is 14.8. The lowest BCUT2D eigenvalue weighted by Gasteiger charge is -2.29. The van der Waals surface area contributed by atoms with E-state index < -0.39 is 11.6 Å². The normalized spacial score (nSPS) is 21.9. The molecule has 2 fully saturated rings. The zero-order valence-electron chi connectivity index (χ0n) is 19.3. The van der Waals surface area contributed by atoms with Crippen molar-refractivity contribution in [2.45, 2.75) is 51.0 Å². The fourth-order valence-electron chi connectivity index (χ4n) is 4.95. The molecule has 0 N–H and O–H groups in total. The van der Waals surface area contributed by atoms with E-state index >= 15 is 0 Å². The first-order valence-corrected chi connectivity index (χ1v) is 12.1. The standard InChI is InChI=1S/C29H29F3O2/c1-2-18-3-7-21(8-4-18)24-13-14-26(29(32)28(24)31)33-16-19-5-9-20(10-6-19)23-12-11-22(15-25(23)30)27-17-34-27/h3-4,7-8,11-15,19-20,27H,2,5-6,9-10,16-17H2,1H3. The third-order valence-corrected chi connectivity index (χ3v) is 7.21. The van der Waals surface area contributed by atoms with Gasteiger partial charge in [-0.25, -0.2) is 8.78 Å². The molecule has 0 spiro atoms. The first-order chi connectivity index (χ1) is 16.5. The van der Waals surface area contributed by atoms with Crippen LogP contribution in [0.5, 0.6) is 5.75 Å². The summed E-state index contributed by atoms with van der Waals surface area (Å²) < 4.78 is 55.0. The van der Waals surface area contributed by atoms with E-state index in [1.807, 2.05) is 43.3 Å². The van der Waals surface area contributed by atoms with Gasteiger partial charge >= 0.3 is 0 Å². The Hall–Kier alpha value is -2.79. The van der Waals surface area contributed by atoms with Crippen LogP contribution in [0, 0.1) is 23.4 Å². The third-order valence-electron chi connectivity index (χ3n) is 7.21. The molecule has 1 unspecified atom stereocenters. The van der Waals surface area contributed by atoms with Crippen molar-refractivity contribution in [2.24, 2.45) is 5.92 Å². The van der Waals surface area contributed by atoms with Crippen molar-refractivity contribution in [3.8, 4) is 16.9 Å². The first kappa shape index (κ1) is 23.0. The Morgan fingerprint density at radius 1 is 0.882 bits per heavy atom. The van der Waals surface area contributed by atoms with Crippen molar-refractivity contribution < 1.29 is 22.6 Å². The van der Waals surface area contributed by atoms with E-state index in [4.69, 9.17) is 9.47 Å². The molecule has 0 radical (unpaired) electrons. The van der Waals surface area contributed by atoms with Gasteiger partial charge in [-0.3, -0.25) is 0 Å². The number of hydrogen-bond donors (Lipinski definition) is 0. The molecular weight excluding hydrogens is 437 g/mol. The van der Waals surface area contributed by atoms with Gasteiger partial charge in [0.15, 0.2) is 11.6 Å². The number of benzene rings is 3. The van der Waals surface area contributed by atoms with Gasteiger partial charge in [-0.05, 0) is 84.4 Å². The lowest BCUT2D eigenvalue weighted by molar-refractivity contribution is 0.192. The van der Waals surface area contributed by atoms with Crippen molar-refractivity contribution >= 4 is 0 Å². The summed E-state index contributed by atoms with van der Waals surface area (Å²) in [6.45, 7) is 3.05. The quantitative estimate of drug-likeness (QED) is 0.332. The fourth-order valence-corrected chi connectivity index (χ4v) is 4.95. The molecule has 1 saturated carbocycles. The summed E-state index contributed by atoms with van der Waals surface area (Å²) in [6, 6.07) is 16.0. The van der Waals surface area contributed by atoms with Crippen molar-refractivity contribution in [2.75, 3.05) is 13.2 Å². The van der Waals surface area contributed by atoms with Gasteiger partial charge in [0.25, 0.3) is 0 Å². The highest BCUT2D eigenvalue weighted by atomic mass is 19.2. The Morgan fingerprint density at radius 3 is 2.26 bits per heavy atom. The van der Waals surface area contributed by atoms with Gasteiger partial charge in [0.2, 0.25) is 5.82 Å². The predicted octanol–water partition coefficient (Wildman–Crippen LogP) is 7.76. The van der Waals surface area contributed by atoms with Gasteiger partial charge in [0.1, 0.15) is 11.9 Å². The van der Waals surface area contributed by atoms with Gasteiger partial charge in [0.05, 0.1) is 13.2 Å². The van der Waals surface area contributed by atoms with Crippen molar-refractivity contribution in [1.29, 1.82) is 0 Å². The Kier molecular flexibility index (Phi) is 6.64. The molecule has 1 heterocycles. The molecule has 2 aliphatic rings. The second-order valence-corrected chi connectivity index (χ2v) is 9.42. The Balaban J connectivity index is 1.18. The molecule has 178 valence electrons. The molecule has 3 aromatic carbocycles. The molecule has 5 rings (SSSR count). The summed E-state index contributed by atoms with van der Waals surface area (Å²) in [4.78, 5) is 0. The van der Waals surface area contributed by atoms with Gasteiger partial charge < -0.3 is 9.47 Å². The van der Waals surface area contributed by atoms with E-state index in [-0.39, 0.29) is 35.1 Å². The average Bonchev–Trinajstić information content (AvgIpc) is 3.71. The molecule has 1 aliphatic carbocycles. The summed E-state index contributed by atoms with van der Waals surface area (Å²) in [5, 5.41) is 0. The second-order valence-electron chi connectivity index (χ2n) is 9.42. The average molecular weight is 467 g/mol. The smallest absolute Gasteiger partial charge is 0.201 e. The Morgan fingerprint density at radius 2 is 1.62 bits per heavy atom. The van der Waals surface area contributed by atoms with E-state index in [0.29, 0.717) is 18.8 Å². The lowest BCUT2D eigenvalue weighted by atomic mass is 9.78. The molecule has 2 nitrogen and oxygen atoms in total. The van der Waals surface area contributed by atoms with Gasteiger partial charge in [-0.2, -0.15) is 4.39 Å². The SMILES string of the molecule is CCc1ccc(-c2ccc(OCC3CCC(c4ccc(C5CO5)cc4F)CC3)c(F)c2F)cc1. The van der Waals surface area contributed by atoms with Crippen molar-refractivity contribution in [1.82, 2.24) is 0 Å². The number of aryl methyl sites for hydroxylation is 1. The summed E-state index contributed by atoms with van der Waals surface area (Å²) in [5.41, 5.74) is 3.69. The van der Waals surface area contributed by atoms with Crippen LogP contribution < -0.4 is 4.74 Å². The highest BCUT2D eigenvalue weighted by Gasteiger charge is 2.28. The number of ether oxygens (including phenoxy) is 2. The van der Waals surface area contributed by atoms with Crippen LogP contribution in [0.2, 0.25) is 0 Å². The molecule has 0 bridgehead atoms. The Bertz CT molecular complexity index is 1150. The van der Waals surface area contributed by atoms with Crippen LogP contribution in [-0.2, 0) is 11.2 Å². The van der Waals surface area contributed by atoms with Gasteiger partial charge in [-0.15, -0.1) is 0 Å². The summed E-state index contributed by atoms with van der Waals surface area (Å²) in [6.07, 6.45) is 4.38. The largest absolute Gasteiger partial charge is 0.490 e. The number of epoxide rings is 1. The van der Waals surface area contributed by atoms with Crippen LogP contribution in [0.1, 0.15) is 61.3 Å². The molecule has 3 aromatic rings. The van der Waals surface area contributed by atoms with Crippen LogP contribution in [0.25, 0.3) is 11.1 Å². The molecule has 1 saturated heterocycles. The maximum Gasteiger partial charge on any atom is 0.201 e. The second kappa shape index (κ2) is 9.83. The summed E-state index contributed by atoms with van der Waals surface area (Å²) in [5.74, 6) is -1.64. The van der Waals surface area contributed by atoms with E-state index in [1.54, 1.807) is 12.1 Å². The molecule has 0 amide bonds. The van der Waals surface area contributed by atoms with Crippen LogP contribution in [-0.4, -0.2) is 13.2 Å². The zero-order chi connectivity index (χ0) is 23.7. The zero-order valence-corrected chi connectivity index (χ0v) is 19.3. The Labute approximate surface area is 198 Å². The molecule has 5 heteroatoms. The highest BCUT2D eigenvalue weighted by molar-refractivity contribution is 5.65. The molecule has 0 aromatic heterocycles. The number of rotatable bonds is 7. The topological polar surface area (TPSA) is 21.8 Å². The van der Waals surface area contributed by atoms with E-state index in [9.17, 15) is 13.2 Å². The number of halogens is 3. The van der Waals surface area contributed by atoms with E-state index in [0.717, 1.165) is 48.8 Å². The highest BCUT2D eigenvalue weighted by Crippen LogP contribution is 2.39. The third kappa shape index (κ3) is 4.85. The minimum absolute atomic E-state index is 0.0531. The predicted molar refractivity (Wildman–Crippen MR) is 126 cm³/mol. The fraction of sp³-hybridized carbons (Fsp3) is 0.379. The van der Waals surface area contributed by atoms with Crippen LogP contribution in [0.3, 0.4) is 0 Å². The summed E-state index contributed by atoms with van der Waals surface area (Å²) in [7, 11) is 0. The minimum Gasteiger partial charge on any atom is -0.490 e. The van der Waals surface area contributed by atoms with E-state index in [1.165, 1.54) is 6.07 Å². The molecule has 1 aliphatic heterocycles. The molecular formula is C29H29F3O2. The van der Waals surface area contributed by atoms with Crippen LogP contribution in [0.15, 0.2) is 54.6 Å². The number of hydrogen-bond acceptors (Lipinski definition) is 2. The lowest BCUT2D eigenvalue weighted by Crippen LogP contribution is -2.20. The van der Waals surface area contributed by atoms with Crippen LogP contribution in [0.4, 0.5) is 13.2 Å². The molecule has 34 heavy (non-hydrogen) atoms. The monoisotopic (exact) mass is 466 g/mol. The summed E-state index contributed by atoms with van der Waals surface area (Å²) >= 11 is 0. The van der Waals surface area contributed by atoms with Crippen molar-refractivity contribution in [3.05, 3.63) is 88.7 Å². The molecule has 1 atom stereocenters. The van der Waals surface area contributed by atoms with E-state index in [2.05, 4.69) is 0 Å². The van der Waals surface area contributed by atoms with Crippen molar-refractivity contribution in [3.63, 3.8) is 0 Å². The van der Waals surface area contributed by atoms with Gasteiger partial charge in [0, 0.05) is 5.56 Å². The van der Waals surface area contributed by atoms with Crippen LogP contribution >= 0.6 is 0 Å². The first-order valence-electron chi connectivity index (χ1n) is 12.1. The van der Waals surface area contributed by atoms with Gasteiger partial charge in [-0.1, -0.05) is 43.3 Å². The maximum absolute atomic E-state index is 14.8.